The SMILES string of the molecule is C[C@@H](C(=O)O)c1ncc[nH]1. The van der Waals surface area contributed by atoms with Gasteiger partial charge in [0.15, 0.2) is 0 Å². The third kappa shape index (κ3) is 1.15. The van der Waals surface area contributed by atoms with Crippen LogP contribution in [0.2, 0.25) is 0 Å². The van der Waals surface area contributed by atoms with Gasteiger partial charge in [0.25, 0.3) is 0 Å². The Hall–Kier alpha value is -1.32. The lowest BCUT2D eigenvalue weighted by Crippen LogP contribution is -2.08. The van der Waals surface area contributed by atoms with Crippen LogP contribution in [0.1, 0.15) is 18.7 Å². The van der Waals surface area contributed by atoms with Gasteiger partial charge in [0.05, 0.1) is 0 Å². The summed E-state index contributed by atoms with van der Waals surface area (Å²) in [6.45, 7) is 1.58. The number of carboxylic acids is 1. The summed E-state index contributed by atoms with van der Waals surface area (Å²) < 4.78 is 0. The number of nitrogens with one attached hydrogen (secondary N) is 1. The van der Waals surface area contributed by atoms with Crippen molar-refractivity contribution in [2.45, 2.75) is 12.8 Å². The molecule has 1 aromatic rings. The van der Waals surface area contributed by atoms with Crippen LogP contribution in [0, 0.1) is 0 Å². The van der Waals surface area contributed by atoms with E-state index in [9.17, 15) is 4.79 Å². The van der Waals surface area contributed by atoms with Gasteiger partial charge in [0.1, 0.15) is 11.7 Å². The van der Waals surface area contributed by atoms with Gasteiger partial charge >= 0.3 is 5.97 Å². The van der Waals surface area contributed by atoms with E-state index in [1.54, 1.807) is 13.1 Å². The quantitative estimate of drug-likeness (QED) is 0.632. The van der Waals surface area contributed by atoms with Crippen molar-refractivity contribution in [3.8, 4) is 0 Å². The predicted octanol–water partition coefficient (Wildman–Crippen LogP) is 0.598. The van der Waals surface area contributed by atoms with Gasteiger partial charge in [-0.3, -0.25) is 4.79 Å². The molecule has 0 aliphatic carbocycles. The van der Waals surface area contributed by atoms with Crippen LogP contribution in [-0.2, 0) is 4.79 Å². The number of rotatable bonds is 2. The maximum absolute atomic E-state index is 10.3. The number of carboxylic acid groups (broad SMARTS) is 1. The van der Waals surface area contributed by atoms with Crippen molar-refractivity contribution in [2.75, 3.05) is 0 Å². The van der Waals surface area contributed by atoms with Gasteiger partial charge in [-0.2, -0.15) is 0 Å². The third-order valence-electron chi connectivity index (χ3n) is 1.30. The molecule has 0 radical (unpaired) electrons. The molecule has 0 saturated heterocycles. The fraction of sp³-hybridized carbons (Fsp3) is 0.333. The first kappa shape index (κ1) is 6.80. The fourth-order valence-corrected chi connectivity index (χ4v) is 0.631. The van der Waals surface area contributed by atoms with Gasteiger partial charge in [0.2, 0.25) is 0 Å². The number of hydrogen-bond acceptors (Lipinski definition) is 2. The number of aromatic nitrogens is 2. The minimum absolute atomic E-state index is 0.493. The molecule has 1 rings (SSSR count). The molecule has 1 atom stereocenters. The number of carbonyl (C=O) groups is 1. The number of aromatic amines is 1. The summed E-state index contributed by atoms with van der Waals surface area (Å²) in [5, 5.41) is 8.49. The van der Waals surface area contributed by atoms with Crippen LogP contribution in [0.15, 0.2) is 12.4 Å². The molecule has 4 nitrogen and oxygen atoms in total. The van der Waals surface area contributed by atoms with Crippen LogP contribution in [0.4, 0.5) is 0 Å². The van der Waals surface area contributed by atoms with Crippen LogP contribution in [0.5, 0.6) is 0 Å². The largest absolute Gasteiger partial charge is 0.481 e. The normalized spacial score (nSPS) is 12.9. The van der Waals surface area contributed by atoms with Crippen LogP contribution < -0.4 is 0 Å². The molecule has 1 aromatic heterocycles. The van der Waals surface area contributed by atoms with Crippen molar-refractivity contribution >= 4 is 5.97 Å². The van der Waals surface area contributed by atoms with Crippen molar-refractivity contribution in [2.24, 2.45) is 0 Å². The maximum Gasteiger partial charge on any atom is 0.313 e. The Balaban J connectivity index is 2.77. The van der Waals surface area contributed by atoms with E-state index in [1.807, 2.05) is 0 Å². The molecule has 0 saturated carbocycles. The molecule has 4 heteroatoms. The second-order valence-electron chi connectivity index (χ2n) is 2.03. The highest BCUT2D eigenvalue weighted by Crippen LogP contribution is 2.07. The maximum atomic E-state index is 10.3. The Morgan fingerprint density at radius 2 is 2.60 bits per heavy atom. The average Bonchev–Trinajstić information content (AvgIpc) is 2.36. The summed E-state index contributed by atoms with van der Waals surface area (Å²) in [6.07, 6.45) is 3.14. The molecule has 0 aliphatic heterocycles. The standard InChI is InChI=1S/C6H8N2O2/c1-4(6(9)10)5-7-2-3-8-5/h2-4H,1H3,(H,7,8)(H,9,10)/t4-/m1/s1. The molecule has 0 spiro atoms. The number of imidazole rings is 1. The highest BCUT2D eigenvalue weighted by atomic mass is 16.4. The Morgan fingerprint density at radius 3 is 3.00 bits per heavy atom. The van der Waals surface area contributed by atoms with Gasteiger partial charge < -0.3 is 10.1 Å². The third-order valence-corrected chi connectivity index (χ3v) is 1.30. The molecule has 0 amide bonds. The van der Waals surface area contributed by atoms with Gasteiger partial charge in [0, 0.05) is 12.4 Å². The second-order valence-corrected chi connectivity index (χ2v) is 2.03. The van der Waals surface area contributed by atoms with Crippen LogP contribution in [0.3, 0.4) is 0 Å². The highest BCUT2D eigenvalue weighted by Gasteiger charge is 2.14. The lowest BCUT2D eigenvalue weighted by molar-refractivity contribution is -0.138. The summed E-state index contributed by atoms with van der Waals surface area (Å²) in [5.74, 6) is -0.919. The monoisotopic (exact) mass is 140 g/mol. The Morgan fingerprint density at radius 1 is 1.90 bits per heavy atom. The average molecular weight is 140 g/mol. The fourth-order valence-electron chi connectivity index (χ4n) is 0.631. The lowest BCUT2D eigenvalue weighted by Gasteiger charge is -1.99. The summed E-state index contributed by atoms with van der Waals surface area (Å²) >= 11 is 0. The number of hydrogen-bond donors (Lipinski definition) is 2. The Kier molecular flexibility index (Phi) is 1.71. The van der Waals surface area contributed by atoms with Crippen LogP contribution in [-0.4, -0.2) is 21.0 Å². The van der Waals surface area contributed by atoms with Crippen molar-refractivity contribution in [1.82, 2.24) is 9.97 Å². The molecular formula is C6H8N2O2. The summed E-state index contributed by atoms with van der Waals surface area (Å²) in [4.78, 5) is 16.9. The van der Waals surface area contributed by atoms with Crippen LogP contribution in [0.25, 0.3) is 0 Å². The molecule has 0 aliphatic rings. The van der Waals surface area contributed by atoms with E-state index in [0.29, 0.717) is 5.82 Å². The second kappa shape index (κ2) is 2.51. The molecule has 10 heavy (non-hydrogen) atoms. The molecule has 0 aromatic carbocycles. The summed E-state index contributed by atoms with van der Waals surface area (Å²) in [7, 11) is 0. The van der Waals surface area contributed by atoms with Gasteiger partial charge in [-0.1, -0.05) is 0 Å². The Bertz CT molecular complexity index is 218. The van der Waals surface area contributed by atoms with E-state index in [1.165, 1.54) is 6.20 Å². The van der Waals surface area contributed by atoms with Crippen LogP contribution >= 0.6 is 0 Å². The topological polar surface area (TPSA) is 66.0 Å². The molecule has 54 valence electrons. The van der Waals surface area contributed by atoms with Gasteiger partial charge in [-0.25, -0.2) is 4.98 Å². The molecule has 0 fully saturated rings. The first-order chi connectivity index (χ1) is 4.72. The van der Waals surface area contributed by atoms with E-state index in [0.717, 1.165) is 0 Å². The zero-order valence-corrected chi connectivity index (χ0v) is 5.53. The summed E-state index contributed by atoms with van der Waals surface area (Å²) in [6, 6.07) is 0. The van der Waals surface area contributed by atoms with E-state index in [2.05, 4.69) is 9.97 Å². The lowest BCUT2D eigenvalue weighted by atomic mass is 10.2. The predicted molar refractivity (Wildman–Crippen MR) is 34.6 cm³/mol. The molecule has 2 N–H and O–H groups in total. The number of aliphatic carboxylic acids is 1. The first-order valence-electron chi connectivity index (χ1n) is 2.94. The summed E-state index contributed by atoms with van der Waals surface area (Å²) in [5.41, 5.74) is 0. The van der Waals surface area contributed by atoms with E-state index < -0.39 is 11.9 Å². The van der Waals surface area contributed by atoms with Gasteiger partial charge in [-0.05, 0) is 6.92 Å². The zero-order valence-electron chi connectivity index (χ0n) is 5.53. The van der Waals surface area contributed by atoms with Crippen molar-refractivity contribution in [3.05, 3.63) is 18.2 Å². The number of H-pyrrole nitrogens is 1. The number of nitrogens with zero attached hydrogens (tertiary/aromatic N) is 1. The smallest absolute Gasteiger partial charge is 0.313 e. The van der Waals surface area contributed by atoms with Crippen molar-refractivity contribution < 1.29 is 9.90 Å². The first-order valence-corrected chi connectivity index (χ1v) is 2.94. The molecule has 0 bridgehead atoms. The van der Waals surface area contributed by atoms with Crippen molar-refractivity contribution in [3.63, 3.8) is 0 Å². The van der Waals surface area contributed by atoms with E-state index in [-0.39, 0.29) is 0 Å². The van der Waals surface area contributed by atoms with Crippen molar-refractivity contribution in [1.29, 1.82) is 0 Å². The molecule has 0 unspecified atom stereocenters. The minimum Gasteiger partial charge on any atom is -0.481 e. The Labute approximate surface area is 57.9 Å². The molecular weight excluding hydrogens is 132 g/mol. The zero-order chi connectivity index (χ0) is 7.56. The van der Waals surface area contributed by atoms with E-state index >= 15 is 0 Å². The highest BCUT2D eigenvalue weighted by molar-refractivity contribution is 5.74. The molecule has 1 heterocycles. The van der Waals surface area contributed by atoms with Gasteiger partial charge in [-0.15, -0.1) is 0 Å². The van der Waals surface area contributed by atoms with E-state index in [4.69, 9.17) is 5.11 Å². The minimum atomic E-state index is -0.866.